The molecule has 2 aliphatic heterocycles. The molecule has 2 rings (SSSR count). The molecule has 77 valence electrons. The maximum Gasteiger partial charge on any atom is 0.211 e. The Kier molecular flexibility index (Phi) is 2.00. The number of rotatable bonds is 1. The van der Waals surface area contributed by atoms with Crippen molar-refractivity contribution in [2.45, 2.75) is 6.42 Å². The first-order valence-corrected chi connectivity index (χ1v) is 6.05. The molecule has 14 heavy (non-hydrogen) atoms. The van der Waals surface area contributed by atoms with Gasteiger partial charge in [-0.25, -0.2) is 8.42 Å². The fourth-order valence-electron chi connectivity index (χ4n) is 1.55. The normalized spacial score (nSPS) is 23.1. The van der Waals surface area contributed by atoms with Gasteiger partial charge >= 0.3 is 0 Å². The molecule has 0 spiro atoms. The van der Waals surface area contributed by atoms with Crippen molar-refractivity contribution in [1.82, 2.24) is 9.73 Å². The lowest BCUT2D eigenvalue weighted by Crippen LogP contribution is -2.40. The van der Waals surface area contributed by atoms with Gasteiger partial charge in [-0.1, -0.05) is 0 Å². The van der Waals surface area contributed by atoms with Crippen LogP contribution in [-0.4, -0.2) is 37.8 Å². The third kappa shape index (κ3) is 1.48. The Hall–Kier alpha value is -1.08. The highest BCUT2D eigenvalue weighted by molar-refractivity contribution is 7.88. The van der Waals surface area contributed by atoms with E-state index in [1.165, 1.54) is 10.6 Å². The van der Waals surface area contributed by atoms with Crippen LogP contribution < -0.4 is 11.2 Å². The minimum Gasteiger partial charge on any atom is -0.382 e. The van der Waals surface area contributed by atoms with Gasteiger partial charge in [-0.05, 0) is 6.42 Å². The lowest BCUT2D eigenvalue weighted by atomic mass is 10.0. The third-order valence-corrected chi connectivity index (χ3v) is 3.59. The van der Waals surface area contributed by atoms with Crippen molar-refractivity contribution in [2.75, 3.05) is 19.3 Å². The van der Waals surface area contributed by atoms with E-state index in [-0.39, 0.29) is 0 Å². The summed E-state index contributed by atoms with van der Waals surface area (Å²) in [6.07, 6.45) is 1.79. The molecule has 0 amide bonds. The fraction of sp³-hybridized carbons (Fsp3) is 0.571. The number of hydrogen-bond donors (Lipinski definition) is 1. The predicted octanol–water partition coefficient (Wildman–Crippen LogP) is -1.20. The molecule has 0 saturated carbocycles. The van der Waals surface area contributed by atoms with Crippen LogP contribution in [-0.2, 0) is 10.0 Å². The zero-order chi connectivity index (χ0) is 10.3. The van der Waals surface area contributed by atoms with Gasteiger partial charge in [-0.2, -0.15) is 9.41 Å². The fourth-order valence-corrected chi connectivity index (χ4v) is 2.33. The quantitative estimate of drug-likeness (QED) is 0.595. The maximum atomic E-state index is 11.2. The summed E-state index contributed by atoms with van der Waals surface area (Å²) < 4.78 is 23.9. The average molecular weight is 215 g/mol. The van der Waals surface area contributed by atoms with Crippen LogP contribution >= 0.6 is 0 Å². The molecule has 1 saturated heterocycles. The summed E-state index contributed by atoms with van der Waals surface area (Å²) in [5, 5.41) is 3.84. The largest absolute Gasteiger partial charge is 0.382 e. The van der Waals surface area contributed by atoms with E-state index in [1.807, 2.05) is 0 Å². The van der Waals surface area contributed by atoms with Gasteiger partial charge in [0.15, 0.2) is 5.82 Å². The molecule has 1 radical (unpaired) electrons. The minimum atomic E-state index is -3.13. The van der Waals surface area contributed by atoms with Crippen LogP contribution in [0.1, 0.15) is 6.42 Å². The minimum absolute atomic E-state index is 0.290. The van der Waals surface area contributed by atoms with Gasteiger partial charge in [0, 0.05) is 12.1 Å². The van der Waals surface area contributed by atoms with Crippen molar-refractivity contribution < 1.29 is 8.42 Å². The topological polar surface area (TPSA) is 89.9 Å². The molecule has 2 aliphatic rings. The number of sulfonamides is 1. The Labute approximate surface area is 82.5 Å². The van der Waals surface area contributed by atoms with Crippen LogP contribution in [0.3, 0.4) is 0 Å². The summed E-state index contributed by atoms with van der Waals surface area (Å²) >= 11 is 0. The molecule has 6 nitrogen and oxygen atoms in total. The van der Waals surface area contributed by atoms with Gasteiger partial charge in [-0.3, -0.25) is 0 Å². The molecule has 0 atom stereocenters. The first kappa shape index (κ1) is 9.47. The van der Waals surface area contributed by atoms with Crippen molar-refractivity contribution in [1.29, 1.82) is 0 Å². The molecule has 7 heteroatoms. The summed E-state index contributed by atoms with van der Waals surface area (Å²) in [7, 11) is -3.13. The van der Waals surface area contributed by atoms with Crippen LogP contribution in [0.2, 0.25) is 0 Å². The Morgan fingerprint density at radius 3 is 2.86 bits per heavy atom. The zero-order valence-corrected chi connectivity index (χ0v) is 8.58. The summed E-state index contributed by atoms with van der Waals surface area (Å²) in [4.78, 5) is 0. The number of nitrogens with two attached hydrogens (primary N) is 1. The highest BCUT2D eigenvalue weighted by atomic mass is 32.2. The van der Waals surface area contributed by atoms with Crippen LogP contribution in [0, 0.1) is 0 Å². The van der Waals surface area contributed by atoms with Crippen molar-refractivity contribution in [3.8, 4) is 0 Å². The molecule has 2 N–H and O–H groups in total. The van der Waals surface area contributed by atoms with Gasteiger partial charge in [-0.15, -0.1) is 5.43 Å². The lowest BCUT2D eigenvalue weighted by molar-refractivity contribution is 0.448. The van der Waals surface area contributed by atoms with Gasteiger partial charge in [0.2, 0.25) is 10.0 Å². The first-order chi connectivity index (χ1) is 6.48. The molecule has 0 bridgehead atoms. The number of nitrogens with zero attached hydrogens (tertiary/aromatic N) is 3. The molecule has 0 aliphatic carbocycles. The van der Waals surface area contributed by atoms with Crippen LogP contribution in [0.5, 0.6) is 0 Å². The molecule has 2 heterocycles. The Morgan fingerprint density at radius 1 is 1.50 bits per heavy atom. The van der Waals surface area contributed by atoms with Crippen molar-refractivity contribution in [2.24, 2.45) is 10.8 Å². The summed E-state index contributed by atoms with van der Waals surface area (Å²) in [6.45, 7) is 0.752. The number of hydrogen-bond acceptors (Lipinski definition) is 4. The highest BCUT2D eigenvalue weighted by Crippen LogP contribution is 2.20. The second kappa shape index (κ2) is 2.96. The Balaban J connectivity index is 2.23. The Bertz CT molecular complexity index is 423. The number of piperidine rings is 1. The molecular formula is C7H11N4O2S. The van der Waals surface area contributed by atoms with E-state index in [4.69, 9.17) is 5.73 Å². The molecule has 0 unspecified atom stereocenters. The number of fused-ring (bicyclic) bond motifs is 1. The van der Waals surface area contributed by atoms with Crippen molar-refractivity contribution >= 4 is 15.7 Å². The van der Waals surface area contributed by atoms with Crippen LogP contribution in [0.25, 0.3) is 0 Å². The zero-order valence-electron chi connectivity index (χ0n) is 7.77. The second-order valence-corrected chi connectivity index (χ2v) is 5.34. The predicted molar refractivity (Wildman–Crippen MR) is 51.8 cm³/mol. The van der Waals surface area contributed by atoms with E-state index >= 15 is 0 Å². The van der Waals surface area contributed by atoms with Gasteiger partial charge in [0.05, 0.1) is 18.5 Å². The highest BCUT2D eigenvalue weighted by Gasteiger charge is 2.30. The van der Waals surface area contributed by atoms with Gasteiger partial charge < -0.3 is 5.73 Å². The van der Waals surface area contributed by atoms with Crippen LogP contribution in [0.4, 0.5) is 0 Å². The van der Waals surface area contributed by atoms with E-state index in [1.54, 1.807) is 0 Å². The van der Waals surface area contributed by atoms with Crippen LogP contribution in [0.15, 0.2) is 16.5 Å². The molecule has 1 fully saturated rings. The van der Waals surface area contributed by atoms with Crippen molar-refractivity contribution in [3.63, 3.8) is 0 Å². The average Bonchev–Trinajstić information content (AvgIpc) is 2.46. The van der Waals surface area contributed by atoms with Crippen molar-refractivity contribution in [3.05, 3.63) is 11.4 Å². The smallest absolute Gasteiger partial charge is 0.211 e. The van der Waals surface area contributed by atoms with Gasteiger partial charge in [0.1, 0.15) is 0 Å². The first-order valence-electron chi connectivity index (χ1n) is 4.20. The van der Waals surface area contributed by atoms with E-state index in [0.29, 0.717) is 31.0 Å². The second-order valence-electron chi connectivity index (χ2n) is 3.36. The molecule has 0 aromatic carbocycles. The standard InChI is InChI=1S/C7H11N4O2S/c1-14(12,13)11-3-2-5-6(4-11)9-10-7(5)8/h2-4,8H2,1H3. The monoisotopic (exact) mass is 215 g/mol. The maximum absolute atomic E-state index is 11.2. The van der Waals surface area contributed by atoms with Gasteiger partial charge in [0.25, 0.3) is 0 Å². The summed E-state index contributed by atoms with van der Waals surface area (Å²) in [5.74, 6) is 0.424. The SMILES string of the molecule is CS(=O)(=O)N1CCC2=C(N)[N]N=C2C1. The van der Waals surface area contributed by atoms with E-state index < -0.39 is 10.0 Å². The molecular weight excluding hydrogens is 204 g/mol. The lowest BCUT2D eigenvalue weighted by Gasteiger charge is -2.25. The molecule has 0 aromatic heterocycles. The Morgan fingerprint density at radius 2 is 2.21 bits per heavy atom. The summed E-state index contributed by atoms with van der Waals surface area (Å²) in [6, 6.07) is 0. The molecule has 0 aromatic rings. The third-order valence-electron chi connectivity index (χ3n) is 2.34. The van der Waals surface area contributed by atoms with E-state index in [2.05, 4.69) is 10.5 Å². The van der Waals surface area contributed by atoms with E-state index in [9.17, 15) is 8.42 Å². The van der Waals surface area contributed by atoms with E-state index in [0.717, 1.165) is 5.57 Å². The summed E-state index contributed by atoms with van der Waals surface area (Å²) in [5.41, 5.74) is 10.9.